The van der Waals surface area contributed by atoms with Gasteiger partial charge in [0, 0.05) is 30.2 Å². The number of hydrogen-bond donors (Lipinski definition) is 1. The summed E-state index contributed by atoms with van der Waals surface area (Å²) < 4.78 is 0. The van der Waals surface area contributed by atoms with Crippen LogP contribution in [0.5, 0.6) is 0 Å². The average Bonchev–Trinajstić information content (AvgIpc) is 2.69. The van der Waals surface area contributed by atoms with E-state index < -0.39 is 0 Å². The van der Waals surface area contributed by atoms with Gasteiger partial charge in [-0.2, -0.15) is 0 Å². The van der Waals surface area contributed by atoms with Crippen LogP contribution >= 0.6 is 11.3 Å². The fourth-order valence-corrected chi connectivity index (χ4v) is 2.37. The lowest BCUT2D eigenvalue weighted by Crippen LogP contribution is -2.26. The van der Waals surface area contributed by atoms with Crippen molar-refractivity contribution in [3.05, 3.63) is 39.9 Å². The van der Waals surface area contributed by atoms with E-state index in [1.807, 2.05) is 6.92 Å². The summed E-state index contributed by atoms with van der Waals surface area (Å²) in [6.45, 7) is 4.60. The highest BCUT2D eigenvalue weighted by molar-refractivity contribution is 7.11. The molecule has 1 amide bonds. The number of amides is 1. The van der Waals surface area contributed by atoms with Gasteiger partial charge in [0.2, 0.25) is 0 Å². The third-order valence-corrected chi connectivity index (χ3v) is 3.63. The molecule has 0 aliphatic heterocycles. The second kappa shape index (κ2) is 5.68. The van der Waals surface area contributed by atoms with E-state index in [1.54, 1.807) is 11.3 Å². The third kappa shape index (κ3) is 3.10. The van der Waals surface area contributed by atoms with E-state index in [0.717, 1.165) is 17.1 Å². The zero-order valence-electron chi connectivity index (χ0n) is 10.3. The minimum Gasteiger partial charge on any atom is -0.350 e. The molecule has 0 fully saturated rings. The van der Waals surface area contributed by atoms with E-state index in [2.05, 4.69) is 27.2 Å². The number of thiazole rings is 1. The van der Waals surface area contributed by atoms with Crippen LogP contribution in [0.3, 0.4) is 0 Å². The second-order valence-corrected chi connectivity index (χ2v) is 5.13. The first-order valence-corrected chi connectivity index (χ1v) is 6.45. The molecule has 2 aromatic rings. The largest absolute Gasteiger partial charge is 0.350 e. The van der Waals surface area contributed by atoms with Crippen molar-refractivity contribution in [2.45, 2.75) is 20.3 Å². The van der Waals surface area contributed by atoms with E-state index in [9.17, 15) is 4.79 Å². The molecule has 1 N–H and O–H groups in total. The Morgan fingerprint density at radius 3 is 2.83 bits per heavy atom. The Bertz CT molecular complexity index is 519. The molecule has 5 nitrogen and oxygen atoms in total. The molecular weight excluding hydrogens is 248 g/mol. The second-order valence-electron chi connectivity index (χ2n) is 3.85. The van der Waals surface area contributed by atoms with Gasteiger partial charge < -0.3 is 5.32 Å². The van der Waals surface area contributed by atoms with Crippen molar-refractivity contribution in [1.82, 2.24) is 20.3 Å². The molecule has 0 atom stereocenters. The van der Waals surface area contributed by atoms with Crippen LogP contribution in [0.4, 0.5) is 0 Å². The third-order valence-electron chi connectivity index (χ3n) is 2.49. The number of nitrogens with zero attached hydrogens (tertiary/aromatic N) is 3. The maximum Gasteiger partial charge on any atom is 0.271 e. The van der Waals surface area contributed by atoms with Gasteiger partial charge in [0.25, 0.3) is 5.91 Å². The number of aryl methyl sites for hydroxylation is 2. The van der Waals surface area contributed by atoms with Gasteiger partial charge in [-0.1, -0.05) is 0 Å². The van der Waals surface area contributed by atoms with Crippen molar-refractivity contribution in [2.24, 2.45) is 0 Å². The number of hydrogen-bond acceptors (Lipinski definition) is 5. The number of nitrogens with one attached hydrogen (secondary N) is 1. The number of rotatable bonds is 4. The highest BCUT2D eigenvalue weighted by Crippen LogP contribution is 2.16. The van der Waals surface area contributed by atoms with Gasteiger partial charge in [-0.25, -0.2) is 9.97 Å². The SMILES string of the molecule is Cc1nc(CCNC(=O)c2cnccn2)sc1C. The number of aromatic nitrogens is 3. The highest BCUT2D eigenvalue weighted by atomic mass is 32.1. The molecule has 94 valence electrons. The lowest BCUT2D eigenvalue weighted by molar-refractivity contribution is 0.0949. The molecule has 6 heteroatoms. The van der Waals surface area contributed by atoms with Gasteiger partial charge in [-0.05, 0) is 13.8 Å². The molecular formula is C12H14N4OS. The topological polar surface area (TPSA) is 67.8 Å². The summed E-state index contributed by atoms with van der Waals surface area (Å²) in [5.41, 5.74) is 1.40. The van der Waals surface area contributed by atoms with Gasteiger partial charge in [0.05, 0.1) is 16.9 Å². The van der Waals surface area contributed by atoms with Crippen LogP contribution < -0.4 is 5.32 Å². The summed E-state index contributed by atoms with van der Waals surface area (Å²) in [6, 6.07) is 0. The molecule has 0 aliphatic carbocycles. The van der Waals surface area contributed by atoms with Gasteiger partial charge in [0.15, 0.2) is 0 Å². The number of carbonyl (C=O) groups is 1. The van der Waals surface area contributed by atoms with Crippen molar-refractivity contribution in [3.63, 3.8) is 0 Å². The maximum atomic E-state index is 11.7. The van der Waals surface area contributed by atoms with E-state index >= 15 is 0 Å². The van der Waals surface area contributed by atoms with Crippen LogP contribution in [0.25, 0.3) is 0 Å². The average molecular weight is 262 g/mol. The van der Waals surface area contributed by atoms with E-state index in [1.165, 1.54) is 23.5 Å². The quantitative estimate of drug-likeness (QED) is 0.907. The molecule has 0 radical (unpaired) electrons. The van der Waals surface area contributed by atoms with Crippen LogP contribution in [-0.4, -0.2) is 27.4 Å². The van der Waals surface area contributed by atoms with Crippen LogP contribution in [0, 0.1) is 13.8 Å². The molecule has 0 aliphatic rings. The molecule has 2 aromatic heterocycles. The van der Waals surface area contributed by atoms with Gasteiger partial charge >= 0.3 is 0 Å². The first kappa shape index (κ1) is 12.6. The van der Waals surface area contributed by atoms with Crippen molar-refractivity contribution in [1.29, 1.82) is 0 Å². The highest BCUT2D eigenvalue weighted by Gasteiger charge is 2.07. The Morgan fingerprint density at radius 1 is 1.39 bits per heavy atom. The molecule has 2 rings (SSSR count). The fourth-order valence-electron chi connectivity index (χ4n) is 1.44. The molecule has 0 spiro atoms. The Kier molecular flexibility index (Phi) is 3.99. The zero-order chi connectivity index (χ0) is 13.0. The molecule has 0 saturated heterocycles. The lowest BCUT2D eigenvalue weighted by atomic mass is 10.4. The van der Waals surface area contributed by atoms with E-state index in [-0.39, 0.29) is 5.91 Å². The normalized spacial score (nSPS) is 10.3. The Morgan fingerprint density at radius 2 is 2.22 bits per heavy atom. The van der Waals surface area contributed by atoms with Crippen molar-refractivity contribution < 1.29 is 4.79 Å². The molecule has 2 heterocycles. The Balaban J connectivity index is 1.84. The zero-order valence-corrected chi connectivity index (χ0v) is 11.1. The first-order chi connectivity index (χ1) is 8.66. The minimum atomic E-state index is -0.201. The summed E-state index contributed by atoms with van der Waals surface area (Å²) >= 11 is 1.67. The van der Waals surface area contributed by atoms with Gasteiger partial charge in [-0.3, -0.25) is 9.78 Å². The van der Waals surface area contributed by atoms with Crippen LogP contribution in [-0.2, 0) is 6.42 Å². The Labute approximate surface area is 109 Å². The van der Waals surface area contributed by atoms with Gasteiger partial charge in [-0.15, -0.1) is 11.3 Å². The summed E-state index contributed by atoms with van der Waals surface area (Å²) in [5.74, 6) is -0.201. The summed E-state index contributed by atoms with van der Waals surface area (Å²) in [7, 11) is 0. The van der Waals surface area contributed by atoms with Crippen molar-refractivity contribution >= 4 is 17.2 Å². The maximum absolute atomic E-state index is 11.7. The van der Waals surface area contributed by atoms with Crippen molar-refractivity contribution in [2.75, 3.05) is 6.54 Å². The van der Waals surface area contributed by atoms with Crippen LogP contribution in [0.2, 0.25) is 0 Å². The molecule has 0 bridgehead atoms. The van der Waals surface area contributed by atoms with Gasteiger partial charge in [0.1, 0.15) is 5.69 Å². The van der Waals surface area contributed by atoms with E-state index in [0.29, 0.717) is 12.2 Å². The monoisotopic (exact) mass is 262 g/mol. The predicted octanol–water partition coefficient (Wildman–Crippen LogP) is 1.52. The molecule has 0 saturated carbocycles. The molecule has 0 aromatic carbocycles. The smallest absolute Gasteiger partial charge is 0.271 e. The summed E-state index contributed by atoms with van der Waals surface area (Å²) in [5, 5.41) is 3.85. The Hall–Kier alpha value is -1.82. The minimum absolute atomic E-state index is 0.201. The molecule has 18 heavy (non-hydrogen) atoms. The summed E-state index contributed by atoms with van der Waals surface area (Å²) in [6.07, 6.45) is 5.23. The lowest BCUT2D eigenvalue weighted by Gasteiger charge is -2.02. The summed E-state index contributed by atoms with van der Waals surface area (Å²) in [4.78, 5) is 25.1. The van der Waals surface area contributed by atoms with Crippen molar-refractivity contribution in [3.8, 4) is 0 Å². The first-order valence-electron chi connectivity index (χ1n) is 5.64. The molecule has 0 unspecified atom stereocenters. The number of carbonyl (C=O) groups excluding carboxylic acids is 1. The predicted molar refractivity (Wildman–Crippen MR) is 69.7 cm³/mol. The fraction of sp³-hybridized carbons (Fsp3) is 0.333. The van der Waals surface area contributed by atoms with Crippen LogP contribution in [0.1, 0.15) is 26.1 Å². The standard InChI is InChI=1S/C12H14N4OS/c1-8-9(2)18-11(16-8)3-4-15-12(17)10-7-13-5-6-14-10/h5-7H,3-4H2,1-2H3,(H,15,17). The van der Waals surface area contributed by atoms with E-state index in [4.69, 9.17) is 0 Å². The van der Waals surface area contributed by atoms with Crippen LogP contribution in [0.15, 0.2) is 18.6 Å².